The lowest BCUT2D eigenvalue weighted by atomic mass is 9.99. The molecule has 0 aliphatic rings. The number of anilines is 2. The minimum absolute atomic E-state index is 0.0306. The summed E-state index contributed by atoms with van der Waals surface area (Å²) in [5.41, 5.74) is 4.40. The van der Waals surface area contributed by atoms with Crippen LogP contribution in [0.5, 0.6) is 0 Å². The van der Waals surface area contributed by atoms with Crippen LogP contribution in [0.3, 0.4) is 0 Å². The number of aryl methyl sites for hydroxylation is 2. The topological polar surface area (TPSA) is 151 Å². The summed E-state index contributed by atoms with van der Waals surface area (Å²) < 4.78 is 53.8. The third-order valence-electron chi connectivity index (χ3n) is 6.08. The van der Waals surface area contributed by atoms with Crippen LogP contribution in [0.4, 0.5) is 21.0 Å². The summed E-state index contributed by atoms with van der Waals surface area (Å²) in [5, 5.41) is 5.00. The molecule has 12 heteroatoms. The van der Waals surface area contributed by atoms with Gasteiger partial charge in [-0.05, 0) is 79.1 Å². The van der Waals surface area contributed by atoms with Gasteiger partial charge in [0.25, 0.3) is 20.0 Å². The van der Waals surface area contributed by atoms with Crippen molar-refractivity contribution in [3.05, 3.63) is 126 Å². The monoisotopic (exact) mass is 604 g/mol. The second-order valence-corrected chi connectivity index (χ2v) is 12.7. The smallest absolute Gasteiger partial charge is 0.307 e. The average molecular weight is 605 g/mol. The summed E-state index contributed by atoms with van der Waals surface area (Å²) in [4.78, 5) is 24.7. The number of urea groups is 2. The first-order chi connectivity index (χ1) is 19.8. The van der Waals surface area contributed by atoms with Gasteiger partial charge in [-0.1, -0.05) is 66.2 Å². The fourth-order valence-electron chi connectivity index (χ4n) is 3.82. The summed E-state index contributed by atoms with van der Waals surface area (Å²) in [6.45, 7) is 7.74. The van der Waals surface area contributed by atoms with E-state index in [0.717, 1.165) is 11.1 Å². The normalized spacial score (nSPS) is 11.3. The van der Waals surface area contributed by atoms with Crippen LogP contribution in [-0.2, 0) is 20.0 Å². The Kier molecular flexibility index (Phi) is 8.79. The molecule has 0 radical (unpaired) electrons. The van der Waals surface area contributed by atoms with Gasteiger partial charge in [0.2, 0.25) is 0 Å². The van der Waals surface area contributed by atoms with E-state index in [4.69, 9.17) is 0 Å². The Bertz CT molecular complexity index is 1850. The number of sulfonamides is 2. The van der Waals surface area contributed by atoms with Gasteiger partial charge >= 0.3 is 12.1 Å². The van der Waals surface area contributed by atoms with E-state index in [2.05, 4.69) is 17.2 Å². The first kappa shape index (κ1) is 30.0. The summed E-state index contributed by atoms with van der Waals surface area (Å²) >= 11 is 0. The van der Waals surface area contributed by atoms with Gasteiger partial charge in [0, 0.05) is 11.4 Å². The summed E-state index contributed by atoms with van der Waals surface area (Å²) in [7, 11) is -8.09. The second-order valence-electron chi connectivity index (χ2n) is 9.38. The maximum absolute atomic E-state index is 12.5. The zero-order valence-electron chi connectivity index (χ0n) is 22.7. The molecule has 4 amide bonds. The molecule has 0 saturated carbocycles. The number of carbonyl (C=O) groups excluding carboxylic acids is 2. The van der Waals surface area contributed by atoms with Gasteiger partial charge in [-0.2, -0.15) is 0 Å². The Labute approximate surface area is 244 Å². The van der Waals surface area contributed by atoms with Gasteiger partial charge in [-0.3, -0.25) is 0 Å². The van der Waals surface area contributed by atoms with E-state index in [1.165, 1.54) is 24.3 Å². The molecule has 0 fully saturated rings. The van der Waals surface area contributed by atoms with Crippen molar-refractivity contribution < 1.29 is 26.4 Å². The van der Waals surface area contributed by atoms with Crippen LogP contribution in [0.1, 0.15) is 22.3 Å². The Morgan fingerprint density at radius 3 is 1.50 bits per heavy atom. The predicted octanol–water partition coefficient (Wildman–Crippen LogP) is 5.39. The van der Waals surface area contributed by atoms with Crippen molar-refractivity contribution in [3.63, 3.8) is 0 Å². The summed E-state index contributed by atoms with van der Waals surface area (Å²) in [6.07, 6.45) is 0. The quantitative estimate of drug-likeness (QED) is 0.212. The highest BCUT2D eigenvalue weighted by Gasteiger charge is 2.19. The van der Waals surface area contributed by atoms with Crippen LogP contribution < -0.4 is 20.1 Å². The van der Waals surface area contributed by atoms with E-state index in [1.807, 2.05) is 23.3 Å². The Hall–Kier alpha value is -4.94. The largest absolute Gasteiger partial charge is 0.333 e. The van der Waals surface area contributed by atoms with Crippen molar-refractivity contribution in [1.29, 1.82) is 0 Å². The fourth-order valence-corrected chi connectivity index (χ4v) is 5.63. The minimum Gasteiger partial charge on any atom is -0.307 e. The lowest BCUT2D eigenvalue weighted by molar-refractivity contribution is 0.255. The molecule has 0 saturated heterocycles. The Morgan fingerprint density at radius 1 is 0.571 bits per heavy atom. The molecule has 0 atom stereocenters. The van der Waals surface area contributed by atoms with Crippen LogP contribution in [0.15, 0.2) is 113 Å². The number of carbonyl (C=O) groups is 2. The molecule has 216 valence electrons. The van der Waals surface area contributed by atoms with E-state index in [9.17, 15) is 26.4 Å². The molecule has 0 bridgehead atoms. The predicted molar refractivity (Wildman–Crippen MR) is 162 cm³/mol. The molecule has 0 aliphatic heterocycles. The van der Waals surface area contributed by atoms with Gasteiger partial charge in [-0.25, -0.2) is 35.9 Å². The Balaban J connectivity index is 1.37. The molecule has 0 unspecified atom stereocenters. The molecule has 4 aromatic carbocycles. The van der Waals surface area contributed by atoms with Crippen molar-refractivity contribution >= 4 is 49.1 Å². The lowest BCUT2D eigenvalue weighted by Crippen LogP contribution is -2.34. The standard InChI is InChI=1S/C30H28N4O6S2/c1-20-7-15-27(16-8-20)41(37,38)33-29(35)31-25-13-11-23(12-14-25)22(3)24-5-4-6-26(19-24)32-30(36)34-42(39,40)28-17-9-21(2)10-18-28/h4-19H,3H2,1-2H3,(H2,31,33,35)(H2,32,34,36). The third-order valence-corrected chi connectivity index (χ3v) is 8.77. The zero-order valence-corrected chi connectivity index (χ0v) is 24.3. The third kappa shape index (κ3) is 7.62. The second kappa shape index (κ2) is 12.3. The molecular formula is C30H28N4O6S2. The van der Waals surface area contributed by atoms with Crippen LogP contribution >= 0.6 is 0 Å². The highest BCUT2D eigenvalue weighted by Crippen LogP contribution is 2.25. The number of hydrogen-bond donors (Lipinski definition) is 4. The van der Waals surface area contributed by atoms with Crippen molar-refractivity contribution in [3.8, 4) is 0 Å². The van der Waals surface area contributed by atoms with E-state index >= 15 is 0 Å². The number of hydrogen-bond acceptors (Lipinski definition) is 6. The van der Waals surface area contributed by atoms with Crippen LogP contribution in [-0.4, -0.2) is 28.9 Å². The van der Waals surface area contributed by atoms with Crippen molar-refractivity contribution in [1.82, 2.24) is 9.44 Å². The summed E-state index contributed by atoms with van der Waals surface area (Å²) in [5.74, 6) is 0. The minimum atomic E-state index is -4.05. The van der Waals surface area contributed by atoms with E-state index < -0.39 is 32.1 Å². The van der Waals surface area contributed by atoms with E-state index in [0.29, 0.717) is 28.1 Å². The highest BCUT2D eigenvalue weighted by molar-refractivity contribution is 7.90. The number of benzene rings is 4. The summed E-state index contributed by atoms with van der Waals surface area (Å²) in [6, 6.07) is 23.6. The van der Waals surface area contributed by atoms with Crippen LogP contribution in [0, 0.1) is 13.8 Å². The number of amides is 4. The lowest BCUT2D eigenvalue weighted by Gasteiger charge is -2.12. The fraction of sp³-hybridized carbons (Fsp3) is 0.0667. The highest BCUT2D eigenvalue weighted by atomic mass is 32.2. The Morgan fingerprint density at radius 2 is 1.02 bits per heavy atom. The molecule has 0 aliphatic carbocycles. The maximum atomic E-state index is 12.5. The van der Waals surface area contributed by atoms with Gasteiger partial charge in [0.1, 0.15) is 0 Å². The molecule has 4 rings (SSSR count). The first-order valence-electron chi connectivity index (χ1n) is 12.5. The molecule has 4 aromatic rings. The molecule has 0 heterocycles. The van der Waals surface area contributed by atoms with Gasteiger partial charge in [0.05, 0.1) is 9.79 Å². The van der Waals surface area contributed by atoms with E-state index in [-0.39, 0.29) is 9.79 Å². The molecule has 0 aromatic heterocycles. The van der Waals surface area contributed by atoms with Crippen LogP contribution in [0.25, 0.3) is 5.57 Å². The number of nitrogens with one attached hydrogen (secondary N) is 4. The SMILES string of the molecule is C=C(c1ccc(NC(=O)NS(=O)(=O)c2ccc(C)cc2)cc1)c1cccc(NC(=O)NS(=O)(=O)c2ccc(C)cc2)c1. The first-order valence-corrected chi connectivity index (χ1v) is 15.5. The molecule has 10 nitrogen and oxygen atoms in total. The van der Waals surface area contributed by atoms with Crippen molar-refractivity contribution in [2.75, 3.05) is 10.6 Å². The molecule has 4 N–H and O–H groups in total. The zero-order chi connectivity index (χ0) is 30.5. The van der Waals surface area contributed by atoms with Crippen molar-refractivity contribution in [2.24, 2.45) is 0 Å². The molecule has 42 heavy (non-hydrogen) atoms. The average Bonchev–Trinajstić information content (AvgIpc) is 2.93. The molecule has 0 spiro atoms. The van der Waals surface area contributed by atoms with Crippen molar-refractivity contribution in [2.45, 2.75) is 23.6 Å². The van der Waals surface area contributed by atoms with Gasteiger partial charge in [0.15, 0.2) is 0 Å². The maximum Gasteiger partial charge on any atom is 0.333 e. The van der Waals surface area contributed by atoms with E-state index in [1.54, 1.807) is 72.8 Å². The van der Waals surface area contributed by atoms with Gasteiger partial charge < -0.3 is 10.6 Å². The van der Waals surface area contributed by atoms with Crippen LogP contribution in [0.2, 0.25) is 0 Å². The van der Waals surface area contributed by atoms with Gasteiger partial charge in [-0.15, -0.1) is 0 Å². The number of rotatable bonds is 8. The molecular weight excluding hydrogens is 576 g/mol.